The van der Waals surface area contributed by atoms with Crippen molar-refractivity contribution in [2.45, 2.75) is 6.61 Å². The number of hydrogen-bond acceptors (Lipinski definition) is 7. The molecule has 0 radical (unpaired) electrons. The van der Waals surface area contributed by atoms with Crippen molar-refractivity contribution in [2.75, 3.05) is 11.1 Å². The summed E-state index contributed by atoms with van der Waals surface area (Å²) in [6.45, 7) is -0.185. The van der Waals surface area contributed by atoms with Gasteiger partial charge in [0.1, 0.15) is 10.8 Å². The van der Waals surface area contributed by atoms with Gasteiger partial charge in [-0.1, -0.05) is 41.4 Å². The van der Waals surface area contributed by atoms with E-state index in [2.05, 4.69) is 20.3 Å². The number of benzene rings is 1. The molecule has 2 heterocycles. The van der Waals surface area contributed by atoms with E-state index in [0.29, 0.717) is 0 Å². The van der Waals surface area contributed by atoms with E-state index in [1.54, 1.807) is 7.05 Å². The van der Waals surface area contributed by atoms with Crippen molar-refractivity contribution in [3.8, 4) is 0 Å². The van der Waals surface area contributed by atoms with Crippen LogP contribution in [-0.4, -0.2) is 25.5 Å². The Morgan fingerprint density at radius 1 is 1.23 bits per heavy atom. The summed E-state index contributed by atoms with van der Waals surface area (Å²) in [6.07, 6.45) is 0. The minimum absolute atomic E-state index is 0.00874. The van der Waals surface area contributed by atoms with Gasteiger partial charge >= 0.3 is 5.97 Å². The lowest BCUT2D eigenvalue weighted by Crippen LogP contribution is -2.13. The Kier molecular flexibility index (Phi) is 5.24. The second-order valence-corrected chi connectivity index (χ2v) is 5.99. The van der Waals surface area contributed by atoms with Crippen LogP contribution in [-0.2, 0) is 18.4 Å². The van der Waals surface area contributed by atoms with E-state index in [0.717, 1.165) is 5.69 Å². The summed E-state index contributed by atoms with van der Waals surface area (Å²) < 4.78 is 6.64. The molecule has 0 saturated heterocycles. The third-order valence-corrected chi connectivity index (χ3v) is 4.23. The number of ether oxygens (including phenoxy) is 1. The highest BCUT2D eigenvalue weighted by atomic mass is 35.5. The van der Waals surface area contributed by atoms with E-state index in [4.69, 9.17) is 33.7 Å². The molecule has 0 aliphatic carbocycles. The van der Waals surface area contributed by atoms with Crippen LogP contribution in [0.25, 0.3) is 0 Å². The van der Waals surface area contributed by atoms with Gasteiger partial charge in [-0.05, 0) is 18.2 Å². The molecule has 3 rings (SSSR count). The highest BCUT2D eigenvalue weighted by Gasteiger charge is 2.18. The standard InChI is InChI=1S/C16H14Cl2N6O2/c1-24-11(7-10(17)13(24)18)14(25)26-8-12-21-15(19)23-16(22-12)20-9-5-3-2-4-6-9/h2-7H,8H2,1H3,(H3,19,20,21,22,23). The van der Waals surface area contributed by atoms with E-state index >= 15 is 0 Å². The van der Waals surface area contributed by atoms with Gasteiger partial charge in [0.2, 0.25) is 11.9 Å². The van der Waals surface area contributed by atoms with Gasteiger partial charge in [-0.2, -0.15) is 15.0 Å². The minimum Gasteiger partial charge on any atom is -0.453 e. The van der Waals surface area contributed by atoms with Gasteiger partial charge in [-0.15, -0.1) is 0 Å². The van der Waals surface area contributed by atoms with Gasteiger partial charge in [0.05, 0.1) is 5.02 Å². The molecule has 0 unspecified atom stereocenters. The number of carbonyl (C=O) groups excluding carboxylic acids is 1. The number of aromatic nitrogens is 4. The monoisotopic (exact) mass is 392 g/mol. The molecule has 3 aromatic rings. The van der Waals surface area contributed by atoms with Gasteiger partial charge in [-0.25, -0.2) is 4.79 Å². The zero-order valence-corrected chi connectivity index (χ0v) is 15.1. The van der Waals surface area contributed by atoms with Gasteiger partial charge < -0.3 is 20.4 Å². The normalized spacial score (nSPS) is 10.6. The number of nitrogens with two attached hydrogens (primary N) is 1. The molecule has 134 valence electrons. The molecule has 0 saturated carbocycles. The van der Waals surface area contributed by atoms with E-state index < -0.39 is 5.97 Å². The van der Waals surface area contributed by atoms with Crippen LogP contribution >= 0.6 is 23.2 Å². The SMILES string of the molecule is Cn1c(C(=O)OCc2nc(N)nc(Nc3ccccc3)n2)cc(Cl)c1Cl. The molecule has 2 aromatic heterocycles. The fraction of sp³-hybridized carbons (Fsp3) is 0.125. The third kappa shape index (κ3) is 4.04. The molecule has 10 heteroatoms. The molecule has 0 bridgehead atoms. The maximum absolute atomic E-state index is 12.2. The summed E-state index contributed by atoms with van der Waals surface area (Å²) in [4.78, 5) is 24.4. The lowest BCUT2D eigenvalue weighted by Gasteiger charge is -2.08. The van der Waals surface area contributed by atoms with Crippen LogP contribution < -0.4 is 11.1 Å². The van der Waals surface area contributed by atoms with Crippen LogP contribution in [0.3, 0.4) is 0 Å². The van der Waals surface area contributed by atoms with Crippen LogP contribution in [0.15, 0.2) is 36.4 Å². The summed E-state index contributed by atoms with van der Waals surface area (Å²) in [7, 11) is 1.60. The Hall–Kier alpha value is -2.84. The highest BCUT2D eigenvalue weighted by Crippen LogP contribution is 2.25. The molecular weight excluding hydrogens is 379 g/mol. The number of rotatable bonds is 5. The number of esters is 1. The summed E-state index contributed by atoms with van der Waals surface area (Å²) in [5.41, 5.74) is 6.70. The highest BCUT2D eigenvalue weighted by molar-refractivity contribution is 6.41. The Balaban J connectivity index is 1.71. The summed E-state index contributed by atoms with van der Waals surface area (Å²) in [5, 5.41) is 3.51. The van der Waals surface area contributed by atoms with E-state index in [1.807, 2.05) is 30.3 Å². The topological polar surface area (TPSA) is 108 Å². The largest absolute Gasteiger partial charge is 0.453 e. The van der Waals surface area contributed by atoms with E-state index in [-0.39, 0.29) is 40.2 Å². The number of nitrogen functional groups attached to an aromatic ring is 1. The Morgan fingerprint density at radius 3 is 2.62 bits per heavy atom. The van der Waals surface area contributed by atoms with Crippen molar-refractivity contribution >= 4 is 46.8 Å². The lowest BCUT2D eigenvalue weighted by molar-refractivity contribution is 0.0451. The first kappa shape index (κ1) is 18.0. The van der Waals surface area contributed by atoms with Crippen molar-refractivity contribution in [1.82, 2.24) is 19.5 Å². The fourth-order valence-corrected chi connectivity index (χ4v) is 2.53. The van der Waals surface area contributed by atoms with E-state index in [1.165, 1.54) is 10.6 Å². The summed E-state index contributed by atoms with van der Waals surface area (Å²) >= 11 is 11.8. The molecule has 8 nitrogen and oxygen atoms in total. The first-order valence-corrected chi connectivity index (χ1v) is 8.20. The van der Waals surface area contributed by atoms with E-state index in [9.17, 15) is 4.79 Å². The van der Waals surface area contributed by atoms with Crippen molar-refractivity contribution < 1.29 is 9.53 Å². The van der Waals surface area contributed by atoms with Crippen LogP contribution in [0.1, 0.15) is 16.3 Å². The van der Waals surface area contributed by atoms with Gasteiger partial charge in [-0.3, -0.25) is 0 Å². The number of halogens is 2. The van der Waals surface area contributed by atoms with Crippen LogP contribution in [0.2, 0.25) is 10.2 Å². The summed E-state index contributed by atoms with van der Waals surface area (Å²) in [5.74, 6) is -0.150. The second-order valence-electron chi connectivity index (χ2n) is 5.23. The van der Waals surface area contributed by atoms with Gasteiger partial charge in [0.25, 0.3) is 0 Å². The average Bonchev–Trinajstić information content (AvgIpc) is 2.88. The van der Waals surface area contributed by atoms with Crippen LogP contribution in [0, 0.1) is 0 Å². The number of carbonyl (C=O) groups is 1. The van der Waals surface area contributed by atoms with Crippen LogP contribution in [0.4, 0.5) is 17.6 Å². The molecule has 26 heavy (non-hydrogen) atoms. The predicted molar refractivity (Wildman–Crippen MR) is 98.5 cm³/mol. The Morgan fingerprint density at radius 2 is 1.96 bits per heavy atom. The molecular formula is C16H14Cl2N6O2. The zero-order chi connectivity index (χ0) is 18.7. The van der Waals surface area contributed by atoms with Crippen molar-refractivity contribution in [2.24, 2.45) is 7.05 Å². The zero-order valence-electron chi connectivity index (χ0n) is 13.6. The second kappa shape index (κ2) is 7.59. The summed E-state index contributed by atoms with van der Waals surface area (Å²) in [6, 6.07) is 10.7. The first-order valence-electron chi connectivity index (χ1n) is 7.44. The number of anilines is 3. The Labute approximate surface area is 158 Å². The number of para-hydroxylation sites is 1. The molecule has 0 amide bonds. The number of nitrogens with zero attached hydrogens (tertiary/aromatic N) is 4. The first-order chi connectivity index (χ1) is 12.4. The maximum atomic E-state index is 12.2. The number of hydrogen-bond donors (Lipinski definition) is 2. The molecule has 0 atom stereocenters. The van der Waals surface area contributed by atoms with Crippen molar-refractivity contribution in [1.29, 1.82) is 0 Å². The van der Waals surface area contributed by atoms with Crippen molar-refractivity contribution in [3.63, 3.8) is 0 Å². The van der Waals surface area contributed by atoms with Crippen molar-refractivity contribution in [3.05, 3.63) is 58.1 Å². The maximum Gasteiger partial charge on any atom is 0.355 e. The van der Waals surface area contributed by atoms with Gasteiger partial charge in [0, 0.05) is 12.7 Å². The minimum atomic E-state index is -0.613. The molecule has 0 aliphatic heterocycles. The fourth-order valence-electron chi connectivity index (χ4n) is 2.15. The predicted octanol–water partition coefficient (Wildman–Crippen LogP) is 3.20. The number of nitrogens with one attached hydrogen (secondary N) is 1. The molecule has 1 aromatic carbocycles. The average molecular weight is 393 g/mol. The molecule has 3 N–H and O–H groups in total. The van der Waals surface area contributed by atoms with Crippen LogP contribution in [0.5, 0.6) is 0 Å². The smallest absolute Gasteiger partial charge is 0.355 e. The third-order valence-electron chi connectivity index (χ3n) is 3.39. The Bertz CT molecular complexity index is 945. The quantitative estimate of drug-likeness (QED) is 0.641. The molecule has 0 fully saturated rings. The molecule has 0 spiro atoms. The molecule has 0 aliphatic rings. The lowest BCUT2D eigenvalue weighted by atomic mass is 10.3. The van der Waals surface area contributed by atoms with Gasteiger partial charge in [0.15, 0.2) is 12.4 Å².